The molecule has 1 unspecified atom stereocenters. The number of aliphatic hydroxyl groups excluding tert-OH is 1. The Balaban J connectivity index is 2.35. The molecular formula is C10H12N4O2S. The van der Waals surface area contributed by atoms with Gasteiger partial charge in [0.15, 0.2) is 0 Å². The number of hydrogen-bond donors (Lipinski definition) is 3. The summed E-state index contributed by atoms with van der Waals surface area (Å²) in [4.78, 5) is 12.9. The summed E-state index contributed by atoms with van der Waals surface area (Å²) >= 11 is 1.19. The van der Waals surface area contributed by atoms with Crippen LogP contribution in [0.2, 0.25) is 0 Å². The van der Waals surface area contributed by atoms with E-state index in [1.807, 2.05) is 0 Å². The van der Waals surface area contributed by atoms with Gasteiger partial charge in [-0.05, 0) is 13.0 Å². The third-order valence-corrected chi connectivity index (χ3v) is 3.38. The highest BCUT2D eigenvalue weighted by Crippen LogP contribution is 2.31. The normalized spacial score (nSPS) is 12.6. The van der Waals surface area contributed by atoms with Gasteiger partial charge in [0.25, 0.3) is 5.91 Å². The zero-order valence-corrected chi connectivity index (χ0v) is 9.99. The summed E-state index contributed by atoms with van der Waals surface area (Å²) in [5.74, 6) is -0.299. The Morgan fingerprint density at radius 1 is 1.71 bits per heavy atom. The van der Waals surface area contributed by atoms with Crippen LogP contribution in [-0.2, 0) is 0 Å². The quantitative estimate of drug-likeness (QED) is 0.733. The summed E-state index contributed by atoms with van der Waals surface area (Å²) in [5.41, 5.74) is 6.28. The van der Waals surface area contributed by atoms with E-state index >= 15 is 0 Å². The van der Waals surface area contributed by atoms with Crippen molar-refractivity contribution in [3.63, 3.8) is 0 Å². The van der Waals surface area contributed by atoms with Gasteiger partial charge in [-0.25, -0.2) is 0 Å². The van der Waals surface area contributed by atoms with Gasteiger partial charge in [-0.1, -0.05) is 0 Å². The summed E-state index contributed by atoms with van der Waals surface area (Å²) in [5, 5.41) is 19.9. The highest BCUT2D eigenvalue weighted by molar-refractivity contribution is 7.21. The van der Waals surface area contributed by atoms with Crippen molar-refractivity contribution < 1.29 is 9.90 Å². The van der Waals surface area contributed by atoms with E-state index in [0.717, 1.165) is 5.39 Å². The average Bonchev–Trinajstić information content (AvgIpc) is 2.67. The Morgan fingerprint density at radius 2 is 2.47 bits per heavy atom. The zero-order chi connectivity index (χ0) is 12.4. The minimum absolute atomic E-state index is 0.115. The molecule has 6 nitrogen and oxygen atoms in total. The number of nitrogens with two attached hydrogens (primary N) is 1. The second kappa shape index (κ2) is 4.64. The maximum absolute atomic E-state index is 11.9. The van der Waals surface area contributed by atoms with Gasteiger partial charge < -0.3 is 16.2 Å². The molecule has 2 heterocycles. The lowest BCUT2D eigenvalue weighted by molar-refractivity contribution is 0.0927. The van der Waals surface area contributed by atoms with E-state index in [1.165, 1.54) is 17.5 Å². The van der Waals surface area contributed by atoms with E-state index in [0.29, 0.717) is 15.4 Å². The second-order valence-corrected chi connectivity index (χ2v) is 4.65. The van der Waals surface area contributed by atoms with E-state index < -0.39 is 0 Å². The maximum atomic E-state index is 11.9. The van der Waals surface area contributed by atoms with E-state index in [1.54, 1.807) is 13.0 Å². The Hall–Kier alpha value is -1.73. The van der Waals surface area contributed by atoms with Crippen molar-refractivity contribution in [3.05, 3.63) is 17.1 Å². The first-order valence-electron chi connectivity index (χ1n) is 5.05. The third kappa shape index (κ3) is 2.20. The third-order valence-electron chi connectivity index (χ3n) is 2.28. The van der Waals surface area contributed by atoms with Gasteiger partial charge in [-0.2, -0.15) is 5.10 Å². The van der Waals surface area contributed by atoms with E-state index in [-0.39, 0.29) is 18.6 Å². The number of thiophene rings is 1. The molecule has 2 aromatic rings. The topological polar surface area (TPSA) is 101 Å². The lowest BCUT2D eigenvalue weighted by Crippen LogP contribution is -2.34. The number of carbonyl (C=O) groups is 1. The van der Waals surface area contributed by atoms with E-state index in [2.05, 4.69) is 15.5 Å². The SMILES string of the molecule is CC(CO)NC(=O)c1sc2nnccc2c1N. The van der Waals surface area contributed by atoms with Crippen LogP contribution in [0.4, 0.5) is 5.69 Å². The van der Waals surface area contributed by atoms with Gasteiger partial charge in [0.2, 0.25) is 0 Å². The van der Waals surface area contributed by atoms with Gasteiger partial charge in [0, 0.05) is 11.4 Å². The molecule has 0 saturated heterocycles. The first-order valence-corrected chi connectivity index (χ1v) is 5.86. The summed E-state index contributed by atoms with van der Waals surface area (Å²) in [7, 11) is 0. The Morgan fingerprint density at radius 3 is 3.12 bits per heavy atom. The highest BCUT2D eigenvalue weighted by atomic mass is 32.1. The Bertz CT molecular complexity index is 554. The largest absolute Gasteiger partial charge is 0.397 e. The molecule has 1 atom stereocenters. The van der Waals surface area contributed by atoms with Crippen molar-refractivity contribution in [2.45, 2.75) is 13.0 Å². The molecule has 0 saturated carbocycles. The maximum Gasteiger partial charge on any atom is 0.263 e. The number of rotatable bonds is 3. The molecule has 90 valence electrons. The first kappa shape index (κ1) is 11.7. The summed E-state index contributed by atoms with van der Waals surface area (Å²) < 4.78 is 0. The number of amides is 1. The van der Waals surface area contributed by atoms with Crippen molar-refractivity contribution >= 4 is 33.1 Å². The monoisotopic (exact) mass is 252 g/mol. The van der Waals surface area contributed by atoms with Crippen molar-refractivity contribution in [3.8, 4) is 0 Å². The lowest BCUT2D eigenvalue weighted by atomic mass is 10.2. The van der Waals surface area contributed by atoms with Crippen LogP contribution in [0.15, 0.2) is 12.3 Å². The molecule has 0 aliphatic rings. The molecular weight excluding hydrogens is 240 g/mol. The fourth-order valence-electron chi connectivity index (χ4n) is 1.38. The van der Waals surface area contributed by atoms with Gasteiger partial charge in [0.1, 0.15) is 9.71 Å². The molecule has 17 heavy (non-hydrogen) atoms. The van der Waals surface area contributed by atoms with Gasteiger partial charge in [0.05, 0.1) is 18.5 Å². The standard InChI is InChI=1S/C10H12N4O2S/c1-5(4-15)13-9(16)8-7(11)6-2-3-12-14-10(6)17-8/h2-3,5,15H,4,11H2,1H3,(H,13,16). The molecule has 1 amide bonds. The van der Waals surface area contributed by atoms with Crippen LogP contribution >= 0.6 is 11.3 Å². The molecule has 2 aromatic heterocycles. The van der Waals surface area contributed by atoms with Crippen LogP contribution in [0.5, 0.6) is 0 Å². The molecule has 0 aliphatic carbocycles. The van der Waals surface area contributed by atoms with Crippen molar-refractivity contribution in [2.24, 2.45) is 0 Å². The van der Waals surface area contributed by atoms with Gasteiger partial charge in [-0.15, -0.1) is 16.4 Å². The number of anilines is 1. The molecule has 0 aliphatic heterocycles. The zero-order valence-electron chi connectivity index (χ0n) is 9.17. The van der Waals surface area contributed by atoms with E-state index in [9.17, 15) is 4.79 Å². The average molecular weight is 252 g/mol. The van der Waals surface area contributed by atoms with Crippen LogP contribution < -0.4 is 11.1 Å². The summed E-state index contributed by atoms with van der Waals surface area (Å²) in [6, 6.07) is 1.42. The molecule has 2 rings (SSSR count). The van der Waals surface area contributed by atoms with Gasteiger partial charge in [-0.3, -0.25) is 4.79 Å². The van der Waals surface area contributed by atoms with Crippen LogP contribution in [0.25, 0.3) is 10.2 Å². The van der Waals surface area contributed by atoms with Crippen LogP contribution in [-0.4, -0.2) is 33.9 Å². The van der Waals surface area contributed by atoms with Crippen molar-refractivity contribution in [1.82, 2.24) is 15.5 Å². The fraction of sp³-hybridized carbons (Fsp3) is 0.300. The molecule has 0 spiro atoms. The predicted octanol–water partition coefficient (Wildman–Crippen LogP) is 0.384. The molecule has 0 aromatic carbocycles. The molecule has 4 N–H and O–H groups in total. The number of nitrogens with one attached hydrogen (secondary N) is 1. The molecule has 0 radical (unpaired) electrons. The van der Waals surface area contributed by atoms with Crippen LogP contribution in [0.3, 0.4) is 0 Å². The van der Waals surface area contributed by atoms with Gasteiger partial charge >= 0.3 is 0 Å². The number of aliphatic hydroxyl groups is 1. The Kier molecular flexibility index (Phi) is 3.21. The minimum Gasteiger partial charge on any atom is -0.397 e. The number of carbonyl (C=O) groups excluding carboxylic acids is 1. The van der Waals surface area contributed by atoms with Crippen LogP contribution in [0, 0.1) is 0 Å². The smallest absolute Gasteiger partial charge is 0.263 e. The van der Waals surface area contributed by atoms with Crippen LogP contribution in [0.1, 0.15) is 16.6 Å². The number of nitrogen functional groups attached to an aromatic ring is 1. The lowest BCUT2D eigenvalue weighted by Gasteiger charge is -2.09. The number of aromatic nitrogens is 2. The first-order chi connectivity index (χ1) is 8.13. The fourth-order valence-corrected chi connectivity index (χ4v) is 2.32. The second-order valence-electron chi connectivity index (χ2n) is 3.65. The van der Waals surface area contributed by atoms with Crippen molar-refractivity contribution in [2.75, 3.05) is 12.3 Å². The minimum atomic E-state index is -0.307. The number of fused-ring (bicyclic) bond motifs is 1. The molecule has 0 bridgehead atoms. The van der Waals surface area contributed by atoms with E-state index in [4.69, 9.17) is 10.8 Å². The highest BCUT2D eigenvalue weighted by Gasteiger charge is 2.18. The van der Waals surface area contributed by atoms with Crippen molar-refractivity contribution in [1.29, 1.82) is 0 Å². The number of hydrogen-bond acceptors (Lipinski definition) is 6. The Labute approximate surface area is 101 Å². The number of nitrogens with zero attached hydrogens (tertiary/aromatic N) is 2. The summed E-state index contributed by atoms with van der Waals surface area (Å²) in [6.45, 7) is 1.59. The predicted molar refractivity (Wildman–Crippen MR) is 65.8 cm³/mol. The molecule has 7 heteroatoms. The summed E-state index contributed by atoms with van der Waals surface area (Å²) in [6.07, 6.45) is 1.53. The molecule has 0 fully saturated rings.